The van der Waals surface area contributed by atoms with E-state index in [1.807, 2.05) is 12.3 Å². The van der Waals surface area contributed by atoms with Crippen LogP contribution >= 0.6 is 11.6 Å². The summed E-state index contributed by atoms with van der Waals surface area (Å²) >= 11 is 6.31. The van der Waals surface area contributed by atoms with E-state index in [1.54, 1.807) is 0 Å². The number of nitrogens with one attached hydrogen (secondary N) is 1. The summed E-state index contributed by atoms with van der Waals surface area (Å²) < 4.78 is 2.14. The Balaban J connectivity index is 2.00. The van der Waals surface area contributed by atoms with Crippen molar-refractivity contribution in [3.8, 4) is 11.3 Å². The highest BCUT2D eigenvalue weighted by molar-refractivity contribution is 6.35. The van der Waals surface area contributed by atoms with Crippen molar-refractivity contribution in [2.45, 2.75) is 26.4 Å². The van der Waals surface area contributed by atoms with Crippen LogP contribution < -0.4 is 0 Å². The molecule has 0 saturated carbocycles. The topological polar surface area (TPSA) is 36.9 Å². The second-order valence-corrected chi connectivity index (χ2v) is 6.35. The van der Waals surface area contributed by atoms with Crippen LogP contribution in [0.5, 0.6) is 0 Å². The van der Waals surface area contributed by atoms with E-state index < -0.39 is 0 Å². The maximum atomic E-state index is 6.31. The molecule has 3 aromatic rings. The molecule has 1 aliphatic heterocycles. The predicted molar refractivity (Wildman–Crippen MR) is 90.2 cm³/mol. The minimum atomic E-state index is 0.761. The number of aromatic amines is 1. The summed E-state index contributed by atoms with van der Waals surface area (Å²) in [5, 5.41) is 6.77. The molecule has 0 spiro atoms. The van der Waals surface area contributed by atoms with Crippen LogP contribution in [0.1, 0.15) is 18.2 Å². The average molecular weight is 315 g/mol. The van der Waals surface area contributed by atoms with Gasteiger partial charge in [-0.2, -0.15) is 5.10 Å². The smallest absolute Gasteiger partial charge is 0.0736 e. The monoisotopic (exact) mass is 314 g/mol. The van der Waals surface area contributed by atoms with Crippen molar-refractivity contribution in [1.29, 1.82) is 0 Å². The Hall–Kier alpha value is -1.78. The van der Waals surface area contributed by atoms with Crippen LogP contribution in [-0.4, -0.2) is 33.3 Å². The van der Waals surface area contributed by atoms with Gasteiger partial charge in [-0.1, -0.05) is 17.7 Å². The first-order valence-corrected chi connectivity index (χ1v) is 8.10. The van der Waals surface area contributed by atoms with E-state index in [9.17, 15) is 0 Å². The molecule has 0 radical (unpaired) electrons. The molecule has 5 heteroatoms. The standard InChI is InChI=1S/C17H19ClN4/c1-3-22-17(13-10-21(2)9-7-15(13)20-22)12-4-5-14(18)16-11(12)6-8-19-16/h4-6,8,19H,3,7,9-10H2,1-2H3. The van der Waals surface area contributed by atoms with Crippen LogP contribution in [0, 0.1) is 0 Å². The lowest BCUT2D eigenvalue weighted by Gasteiger charge is -2.22. The Morgan fingerprint density at radius 2 is 2.18 bits per heavy atom. The van der Waals surface area contributed by atoms with Gasteiger partial charge in [-0.15, -0.1) is 0 Å². The molecule has 0 fully saturated rings. The summed E-state index contributed by atoms with van der Waals surface area (Å²) in [5.74, 6) is 0. The van der Waals surface area contributed by atoms with Crippen molar-refractivity contribution in [3.63, 3.8) is 0 Å². The van der Waals surface area contributed by atoms with Gasteiger partial charge in [-0.25, -0.2) is 0 Å². The molecular formula is C17H19ClN4. The number of aryl methyl sites for hydroxylation is 1. The fraction of sp³-hybridized carbons (Fsp3) is 0.353. The summed E-state index contributed by atoms with van der Waals surface area (Å²) in [6, 6.07) is 6.20. The first kappa shape index (κ1) is 13.9. The number of hydrogen-bond donors (Lipinski definition) is 1. The maximum Gasteiger partial charge on any atom is 0.0736 e. The summed E-state index contributed by atoms with van der Waals surface area (Å²) in [5.41, 5.74) is 6.06. The van der Waals surface area contributed by atoms with Crippen molar-refractivity contribution < 1.29 is 0 Å². The number of aromatic nitrogens is 3. The van der Waals surface area contributed by atoms with Crippen LogP contribution in [0.4, 0.5) is 0 Å². The zero-order chi connectivity index (χ0) is 15.3. The lowest BCUT2D eigenvalue weighted by molar-refractivity contribution is 0.312. The molecule has 2 aromatic heterocycles. The van der Waals surface area contributed by atoms with Gasteiger partial charge in [0.05, 0.1) is 21.9 Å². The number of benzene rings is 1. The van der Waals surface area contributed by atoms with Crippen LogP contribution in [0.3, 0.4) is 0 Å². The van der Waals surface area contributed by atoms with Crippen LogP contribution in [0.15, 0.2) is 24.4 Å². The fourth-order valence-electron chi connectivity index (χ4n) is 3.42. The zero-order valence-electron chi connectivity index (χ0n) is 12.9. The molecule has 0 unspecified atom stereocenters. The minimum Gasteiger partial charge on any atom is -0.360 e. The maximum absolute atomic E-state index is 6.31. The van der Waals surface area contributed by atoms with Gasteiger partial charge in [0.2, 0.25) is 0 Å². The normalized spacial score (nSPS) is 15.4. The number of nitrogens with zero attached hydrogens (tertiary/aromatic N) is 3. The first-order valence-electron chi connectivity index (χ1n) is 7.72. The van der Waals surface area contributed by atoms with Gasteiger partial charge >= 0.3 is 0 Å². The van der Waals surface area contributed by atoms with Crippen molar-refractivity contribution >= 4 is 22.5 Å². The third-order valence-electron chi connectivity index (χ3n) is 4.52. The summed E-state index contributed by atoms with van der Waals surface area (Å²) in [6.45, 7) is 5.06. The quantitative estimate of drug-likeness (QED) is 0.783. The molecule has 4 nitrogen and oxygen atoms in total. The SMILES string of the molecule is CCn1nc2c(c1-c1ccc(Cl)c3[nH]ccc13)CN(C)CC2. The number of halogens is 1. The molecule has 0 atom stereocenters. The third-order valence-corrected chi connectivity index (χ3v) is 4.83. The molecule has 0 saturated heterocycles. The van der Waals surface area contributed by atoms with E-state index in [0.717, 1.165) is 42.0 Å². The lowest BCUT2D eigenvalue weighted by Crippen LogP contribution is -2.26. The lowest BCUT2D eigenvalue weighted by atomic mass is 9.99. The fourth-order valence-corrected chi connectivity index (χ4v) is 3.64. The van der Waals surface area contributed by atoms with Gasteiger partial charge in [0.25, 0.3) is 0 Å². The number of rotatable bonds is 2. The van der Waals surface area contributed by atoms with E-state index in [-0.39, 0.29) is 0 Å². The highest BCUT2D eigenvalue weighted by Crippen LogP contribution is 2.36. The number of likely N-dealkylation sites (N-methyl/N-ethyl adjacent to an activating group) is 1. The van der Waals surface area contributed by atoms with Crippen LogP contribution in [0.2, 0.25) is 5.02 Å². The molecule has 4 rings (SSSR count). The van der Waals surface area contributed by atoms with Gasteiger partial charge in [-0.05, 0) is 26.1 Å². The van der Waals surface area contributed by atoms with Crippen LogP contribution in [-0.2, 0) is 19.5 Å². The van der Waals surface area contributed by atoms with Gasteiger partial charge < -0.3 is 9.88 Å². The molecular weight excluding hydrogens is 296 g/mol. The molecule has 1 aliphatic rings. The molecule has 0 amide bonds. The molecule has 1 aromatic carbocycles. The second kappa shape index (κ2) is 5.14. The Labute approximate surface area is 134 Å². The van der Waals surface area contributed by atoms with E-state index in [2.05, 4.69) is 40.7 Å². The van der Waals surface area contributed by atoms with Crippen molar-refractivity contribution in [2.24, 2.45) is 0 Å². The molecule has 3 heterocycles. The first-order chi connectivity index (χ1) is 10.7. The Morgan fingerprint density at radius 3 is 3.00 bits per heavy atom. The molecule has 0 bridgehead atoms. The Morgan fingerprint density at radius 1 is 1.32 bits per heavy atom. The highest BCUT2D eigenvalue weighted by atomic mass is 35.5. The van der Waals surface area contributed by atoms with E-state index in [4.69, 9.17) is 16.7 Å². The van der Waals surface area contributed by atoms with Crippen LogP contribution in [0.25, 0.3) is 22.2 Å². The predicted octanol–water partition coefficient (Wildman–Crippen LogP) is 3.69. The third kappa shape index (κ3) is 1.98. The number of H-pyrrole nitrogens is 1. The zero-order valence-corrected chi connectivity index (χ0v) is 13.6. The number of hydrogen-bond acceptors (Lipinski definition) is 2. The van der Waals surface area contributed by atoms with E-state index in [1.165, 1.54) is 22.5 Å². The molecule has 0 aliphatic carbocycles. The van der Waals surface area contributed by atoms with Crippen molar-refractivity contribution in [1.82, 2.24) is 19.7 Å². The minimum absolute atomic E-state index is 0.761. The molecule has 22 heavy (non-hydrogen) atoms. The Bertz CT molecular complexity index is 846. The average Bonchev–Trinajstić information content (AvgIpc) is 3.12. The number of fused-ring (bicyclic) bond motifs is 2. The van der Waals surface area contributed by atoms with Gasteiger partial charge in [0.15, 0.2) is 0 Å². The van der Waals surface area contributed by atoms with Crippen molar-refractivity contribution in [3.05, 3.63) is 40.7 Å². The Kier molecular flexibility index (Phi) is 3.24. The summed E-state index contributed by atoms with van der Waals surface area (Å²) in [4.78, 5) is 5.60. The largest absolute Gasteiger partial charge is 0.360 e. The van der Waals surface area contributed by atoms with Gasteiger partial charge in [0.1, 0.15) is 0 Å². The summed E-state index contributed by atoms with van der Waals surface area (Å²) in [7, 11) is 2.17. The summed E-state index contributed by atoms with van der Waals surface area (Å²) in [6.07, 6.45) is 2.97. The van der Waals surface area contributed by atoms with Gasteiger partial charge in [-0.3, -0.25) is 4.68 Å². The highest BCUT2D eigenvalue weighted by Gasteiger charge is 2.24. The second-order valence-electron chi connectivity index (χ2n) is 5.94. The molecule has 114 valence electrons. The van der Waals surface area contributed by atoms with Gasteiger partial charge in [0, 0.05) is 48.8 Å². The van der Waals surface area contributed by atoms with E-state index >= 15 is 0 Å². The van der Waals surface area contributed by atoms with E-state index in [0.29, 0.717) is 0 Å². The van der Waals surface area contributed by atoms with Crippen molar-refractivity contribution in [2.75, 3.05) is 13.6 Å². The molecule has 1 N–H and O–H groups in total.